The van der Waals surface area contributed by atoms with Crippen LogP contribution in [0, 0.1) is 5.92 Å². The number of ether oxygens (including phenoxy) is 1. The summed E-state index contributed by atoms with van der Waals surface area (Å²) in [4.78, 5) is 11.3. The molecule has 0 radical (unpaired) electrons. The Morgan fingerprint density at radius 3 is 2.73 bits per heavy atom. The molecule has 0 saturated carbocycles. The van der Waals surface area contributed by atoms with Gasteiger partial charge in [0.2, 0.25) is 11.7 Å². The quantitative estimate of drug-likeness (QED) is 0.535. The number of hydrogen-bond donors (Lipinski definition) is 2. The van der Waals surface area contributed by atoms with Crippen LogP contribution in [-0.2, 0) is 11.3 Å². The van der Waals surface area contributed by atoms with Crippen molar-refractivity contribution in [3.05, 3.63) is 35.2 Å². The van der Waals surface area contributed by atoms with Crippen LogP contribution in [0.2, 0.25) is 5.02 Å². The first kappa shape index (κ1) is 21.1. The molecule has 2 aliphatic heterocycles. The number of rotatable bonds is 6. The minimum absolute atomic E-state index is 0.416. The van der Waals surface area contributed by atoms with E-state index in [9.17, 15) is 0 Å². The molecule has 30 heavy (non-hydrogen) atoms. The molecule has 9 heteroatoms. The fraction of sp³-hybridized carbons (Fsp3) is 0.571. The van der Waals surface area contributed by atoms with Gasteiger partial charge in [-0.2, -0.15) is 4.98 Å². The van der Waals surface area contributed by atoms with Gasteiger partial charge in [-0.15, -0.1) is 0 Å². The summed E-state index contributed by atoms with van der Waals surface area (Å²) in [6.45, 7) is 5.64. The normalized spacial score (nSPS) is 21.1. The molecular formula is C21H29ClN6O2. The lowest BCUT2D eigenvalue weighted by atomic mass is 10.0. The standard InChI is InChI=1S/C21H29ClN6O2/c1-23-21(25-18-6-9-28(10-7-18)13-15-8-11-29-14-15)24-12-19-26-20(27-30-19)16-2-4-17(22)5-3-16/h2-5,15,18H,6-14H2,1H3,(H2,23,24,25). The summed E-state index contributed by atoms with van der Waals surface area (Å²) in [7, 11) is 1.78. The van der Waals surface area contributed by atoms with E-state index in [1.807, 2.05) is 24.3 Å². The minimum atomic E-state index is 0.416. The second kappa shape index (κ2) is 10.2. The Morgan fingerprint density at radius 2 is 2.03 bits per heavy atom. The van der Waals surface area contributed by atoms with E-state index in [1.165, 1.54) is 6.42 Å². The third-order valence-electron chi connectivity index (χ3n) is 5.67. The molecule has 1 aromatic heterocycles. The van der Waals surface area contributed by atoms with Gasteiger partial charge in [-0.1, -0.05) is 16.8 Å². The average molecular weight is 433 g/mol. The average Bonchev–Trinajstić information content (AvgIpc) is 3.45. The zero-order chi connectivity index (χ0) is 20.8. The first-order chi connectivity index (χ1) is 14.7. The van der Waals surface area contributed by atoms with Crippen LogP contribution < -0.4 is 10.6 Å². The van der Waals surface area contributed by atoms with Gasteiger partial charge >= 0.3 is 0 Å². The third kappa shape index (κ3) is 5.71. The summed E-state index contributed by atoms with van der Waals surface area (Å²) < 4.78 is 10.9. The van der Waals surface area contributed by atoms with Crippen LogP contribution in [0.15, 0.2) is 33.8 Å². The maximum atomic E-state index is 5.93. The summed E-state index contributed by atoms with van der Waals surface area (Å²) in [5.41, 5.74) is 0.868. The van der Waals surface area contributed by atoms with E-state index in [1.54, 1.807) is 7.05 Å². The number of guanidine groups is 1. The van der Waals surface area contributed by atoms with E-state index in [4.69, 9.17) is 20.9 Å². The molecule has 2 saturated heterocycles. The fourth-order valence-electron chi connectivity index (χ4n) is 3.94. The zero-order valence-corrected chi connectivity index (χ0v) is 18.1. The maximum absolute atomic E-state index is 5.93. The van der Waals surface area contributed by atoms with Gasteiger partial charge < -0.3 is 24.8 Å². The molecule has 3 heterocycles. The Kier molecular flexibility index (Phi) is 7.20. The molecular weight excluding hydrogens is 404 g/mol. The van der Waals surface area contributed by atoms with Crippen LogP contribution in [0.3, 0.4) is 0 Å². The van der Waals surface area contributed by atoms with Gasteiger partial charge in [0, 0.05) is 49.9 Å². The number of likely N-dealkylation sites (tertiary alicyclic amines) is 1. The van der Waals surface area contributed by atoms with Crippen LogP contribution >= 0.6 is 11.6 Å². The van der Waals surface area contributed by atoms with Gasteiger partial charge in [-0.05, 0) is 49.4 Å². The van der Waals surface area contributed by atoms with Gasteiger partial charge in [0.25, 0.3) is 0 Å². The predicted molar refractivity (Wildman–Crippen MR) is 116 cm³/mol. The number of aromatic nitrogens is 2. The van der Waals surface area contributed by atoms with Crippen LogP contribution in [0.5, 0.6) is 0 Å². The smallest absolute Gasteiger partial charge is 0.246 e. The van der Waals surface area contributed by atoms with Gasteiger partial charge in [0.15, 0.2) is 5.96 Å². The molecule has 0 aliphatic carbocycles. The number of aliphatic imine (C=N–C) groups is 1. The van der Waals surface area contributed by atoms with Crippen molar-refractivity contribution in [2.24, 2.45) is 10.9 Å². The molecule has 2 aromatic rings. The molecule has 2 fully saturated rings. The highest BCUT2D eigenvalue weighted by atomic mass is 35.5. The second-order valence-corrected chi connectivity index (χ2v) is 8.33. The Bertz CT molecular complexity index is 826. The number of hydrogen-bond acceptors (Lipinski definition) is 6. The van der Waals surface area contributed by atoms with Gasteiger partial charge in [-0.25, -0.2) is 0 Å². The lowest BCUT2D eigenvalue weighted by Gasteiger charge is -2.34. The summed E-state index contributed by atoms with van der Waals surface area (Å²) >= 11 is 5.93. The number of nitrogens with zero attached hydrogens (tertiary/aromatic N) is 4. The topological polar surface area (TPSA) is 87.8 Å². The Labute approximate surface area is 182 Å². The monoisotopic (exact) mass is 432 g/mol. The summed E-state index contributed by atoms with van der Waals surface area (Å²) in [5, 5.41) is 11.5. The second-order valence-electron chi connectivity index (χ2n) is 7.89. The zero-order valence-electron chi connectivity index (χ0n) is 17.3. The molecule has 0 amide bonds. The molecule has 162 valence electrons. The Hall–Kier alpha value is -2.16. The van der Waals surface area contributed by atoms with Crippen molar-refractivity contribution in [2.45, 2.75) is 31.8 Å². The highest BCUT2D eigenvalue weighted by Crippen LogP contribution is 2.19. The molecule has 1 aromatic carbocycles. The van der Waals surface area contributed by atoms with E-state index < -0.39 is 0 Å². The number of benzene rings is 1. The number of piperidine rings is 1. The van der Waals surface area contributed by atoms with Gasteiger partial charge in [0.05, 0.1) is 13.2 Å². The first-order valence-corrected chi connectivity index (χ1v) is 10.9. The summed E-state index contributed by atoms with van der Waals surface area (Å²) in [5.74, 6) is 2.52. The molecule has 8 nitrogen and oxygen atoms in total. The van der Waals surface area contributed by atoms with Crippen LogP contribution in [0.25, 0.3) is 11.4 Å². The fourth-order valence-corrected chi connectivity index (χ4v) is 4.07. The van der Waals surface area contributed by atoms with Crippen LogP contribution in [0.4, 0.5) is 0 Å². The SMILES string of the molecule is CN=C(NCc1nc(-c2ccc(Cl)cc2)no1)NC1CCN(CC2CCOC2)CC1. The molecule has 0 spiro atoms. The number of nitrogens with one attached hydrogen (secondary N) is 2. The van der Waals surface area contributed by atoms with Crippen LogP contribution in [-0.4, -0.2) is 66.9 Å². The molecule has 1 atom stereocenters. The summed E-state index contributed by atoms with van der Waals surface area (Å²) in [6.07, 6.45) is 3.41. The van der Waals surface area contributed by atoms with E-state index in [0.717, 1.165) is 57.2 Å². The lowest BCUT2D eigenvalue weighted by Crippen LogP contribution is -2.49. The maximum Gasteiger partial charge on any atom is 0.246 e. The number of halogens is 1. The predicted octanol–water partition coefficient (Wildman–Crippen LogP) is 2.56. The van der Waals surface area contributed by atoms with Crippen molar-refractivity contribution in [3.63, 3.8) is 0 Å². The molecule has 4 rings (SSSR count). The minimum Gasteiger partial charge on any atom is -0.381 e. The van der Waals surface area contributed by atoms with E-state index in [2.05, 4.69) is 30.7 Å². The van der Waals surface area contributed by atoms with E-state index in [0.29, 0.717) is 35.2 Å². The highest BCUT2D eigenvalue weighted by molar-refractivity contribution is 6.30. The molecule has 2 N–H and O–H groups in total. The Balaban J connectivity index is 1.21. The molecule has 0 bridgehead atoms. The van der Waals surface area contributed by atoms with Gasteiger partial charge in [-0.3, -0.25) is 4.99 Å². The third-order valence-corrected chi connectivity index (χ3v) is 5.92. The lowest BCUT2D eigenvalue weighted by molar-refractivity contribution is 0.150. The van der Waals surface area contributed by atoms with E-state index >= 15 is 0 Å². The van der Waals surface area contributed by atoms with Crippen molar-refractivity contribution < 1.29 is 9.26 Å². The highest BCUT2D eigenvalue weighted by Gasteiger charge is 2.24. The molecule has 1 unspecified atom stereocenters. The first-order valence-electron chi connectivity index (χ1n) is 10.6. The Morgan fingerprint density at radius 1 is 1.23 bits per heavy atom. The van der Waals surface area contributed by atoms with Crippen LogP contribution in [0.1, 0.15) is 25.2 Å². The summed E-state index contributed by atoms with van der Waals surface area (Å²) in [6, 6.07) is 7.78. The van der Waals surface area contributed by atoms with Crippen molar-refractivity contribution in [2.75, 3.05) is 39.9 Å². The van der Waals surface area contributed by atoms with Crippen molar-refractivity contribution >= 4 is 17.6 Å². The molecule has 2 aliphatic rings. The van der Waals surface area contributed by atoms with E-state index in [-0.39, 0.29) is 0 Å². The van der Waals surface area contributed by atoms with Crippen molar-refractivity contribution in [1.29, 1.82) is 0 Å². The largest absolute Gasteiger partial charge is 0.381 e. The van der Waals surface area contributed by atoms with Gasteiger partial charge in [0.1, 0.15) is 0 Å². The van der Waals surface area contributed by atoms with Crippen molar-refractivity contribution in [1.82, 2.24) is 25.7 Å². The van der Waals surface area contributed by atoms with Crippen molar-refractivity contribution in [3.8, 4) is 11.4 Å².